The van der Waals surface area contributed by atoms with E-state index >= 15 is 0 Å². The highest BCUT2D eigenvalue weighted by Gasteiger charge is 2.40. The molecule has 0 aromatic heterocycles. The fraction of sp³-hybridized carbons (Fsp3) is 0.182. The first-order chi connectivity index (χ1) is 37.9. The third-order valence-corrected chi connectivity index (χ3v) is 15.3. The number of carbonyl (C=O) groups excluding carboxylic acids is 6. The number of esters is 6. The second-order valence-electron chi connectivity index (χ2n) is 19.2. The van der Waals surface area contributed by atoms with Crippen LogP contribution in [0, 0.1) is 0 Å². The summed E-state index contributed by atoms with van der Waals surface area (Å²) in [4.78, 5) is 82.9. The summed E-state index contributed by atoms with van der Waals surface area (Å²) in [6.45, 7) is 0. The summed E-state index contributed by atoms with van der Waals surface area (Å²) in [7, 11) is 7.69. The van der Waals surface area contributed by atoms with E-state index in [4.69, 9.17) is 28.4 Å². The van der Waals surface area contributed by atoms with Gasteiger partial charge in [-0.15, -0.1) is 0 Å². The highest BCUT2D eigenvalue weighted by Crippen LogP contribution is 2.46. The van der Waals surface area contributed by atoms with Crippen LogP contribution in [0.25, 0.3) is 33.4 Å². The van der Waals surface area contributed by atoms with Crippen molar-refractivity contribution in [3.8, 4) is 33.4 Å². The van der Waals surface area contributed by atoms with E-state index in [1.54, 1.807) is 0 Å². The number of benzene rings is 6. The molecule has 0 saturated heterocycles. The molecule has 34 rings (SSSR count). The van der Waals surface area contributed by atoms with Crippen molar-refractivity contribution < 1.29 is 57.2 Å². The molecule has 0 fully saturated rings. The lowest BCUT2D eigenvalue weighted by molar-refractivity contribution is -0.139. The Bertz CT molecular complexity index is 2940. The van der Waals surface area contributed by atoms with Crippen LogP contribution in [0.4, 0.5) is 0 Å². The Morgan fingerprint density at radius 1 is 0.218 bits per heavy atom. The molecule has 6 aromatic carbocycles. The van der Waals surface area contributed by atoms with E-state index in [-0.39, 0.29) is 33.4 Å². The minimum absolute atomic E-state index is 0.161. The van der Waals surface area contributed by atoms with Crippen LogP contribution in [0.1, 0.15) is 68.9 Å². The van der Waals surface area contributed by atoms with E-state index in [2.05, 4.69) is 0 Å². The Kier molecular flexibility index (Phi) is 14.7. The summed E-state index contributed by atoms with van der Waals surface area (Å²) >= 11 is 0. The lowest BCUT2D eigenvalue weighted by Crippen LogP contribution is -2.25. The Hall–Kier alpha value is -9.42. The van der Waals surface area contributed by atoms with E-state index < -0.39 is 71.3 Å². The Morgan fingerprint density at radius 3 is 0.436 bits per heavy atom. The SMILES string of the molecule is COC(=O)C1=C(C(=O)OC)C2C=CC1c1ccc(cc1)-c1ccc(cc1)C1C=CC(C(C(=O)OC)=C1C(=O)OC)c1ccc(cc1)-c1ccc(cc1)C1C=CC(C(C(=O)OC)=C1C(=O)OC)c1ccc(cc1)-c1ccc2cc1. The smallest absolute Gasteiger partial charge is 0.335 e. The van der Waals surface area contributed by atoms with Crippen molar-refractivity contribution >= 4 is 35.8 Å². The van der Waals surface area contributed by atoms with Gasteiger partial charge in [0.1, 0.15) is 0 Å². The first kappa shape index (κ1) is 52.0. The molecule has 0 saturated carbocycles. The predicted molar refractivity (Wildman–Crippen MR) is 293 cm³/mol. The molecule has 0 amide bonds. The number of hydrogen-bond donors (Lipinski definition) is 0. The second kappa shape index (κ2) is 22.0. The van der Waals surface area contributed by atoms with Crippen LogP contribution >= 0.6 is 0 Å². The highest BCUT2D eigenvalue weighted by molar-refractivity contribution is 6.06. The van der Waals surface area contributed by atoms with E-state index in [1.807, 2.05) is 182 Å². The van der Waals surface area contributed by atoms with Gasteiger partial charge in [0.25, 0.3) is 0 Å². The zero-order chi connectivity index (χ0) is 54.8. The van der Waals surface area contributed by atoms with Gasteiger partial charge in [0.15, 0.2) is 0 Å². The molecule has 0 aliphatic heterocycles. The van der Waals surface area contributed by atoms with Crippen molar-refractivity contribution in [2.75, 3.05) is 42.7 Å². The molecule has 0 spiro atoms. The summed E-state index contributed by atoms with van der Waals surface area (Å²) in [5.74, 6) is -7.87. The van der Waals surface area contributed by atoms with Crippen LogP contribution < -0.4 is 0 Å². The van der Waals surface area contributed by atoms with Crippen LogP contribution in [-0.2, 0) is 57.2 Å². The normalized spacial score (nSPS) is 19.9. The summed E-state index contributed by atoms with van der Waals surface area (Å²) in [5.41, 5.74) is 10.6. The van der Waals surface area contributed by atoms with Gasteiger partial charge >= 0.3 is 35.8 Å². The van der Waals surface area contributed by atoms with Crippen LogP contribution in [0.15, 0.2) is 215 Å². The Morgan fingerprint density at radius 2 is 0.333 bits per heavy atom. The maximum Gasteiger partial charge on any atom is 0.335 e. The first-order valence-electron chi connectivity index (χ1n) is 25.3. The van der Waals surface area contributed by atoms with E-state index in [0.29, 0.717) is 0 Å². The zero-order valence-electron chi connectivity index (χ0n) is 43.7. The molecule has 0 N–H and O–H groups in total. The number of hydrogen-bond acceptors (Lipinski definition) is 12. The van der Waals surface area contributed by atoms with E-state index in [1.165, 1.54) is 42.7 Å². The molecular formula is C66H54O12. The van der Waals surface area contributed by atoms with Crippen molar-refractivity contribution in [2.24, 2.45) is 0 Å². The fourth-order valence-corrected chi connectivity index (χ4v) is 11.3. The van der Waals surface area contributed by atoms with E-state index in [0.717, 1.165) is 66.8 Å². The van der Waals surface area contributed by atoms with Gasteiger partial charge < -0.3 is 28.4 Å². The van der Waals surface area contributed by atoms with E-state index in [9.17, 15) is 28.8 Å². The van der Waals surface area contributed by atoms with Crippen LogP contribution in [0.2, 0.25) is 0 Å². The van der Waals surface area contributed by atoms with Gasteiger partial charge in [-0.2, -0.15) is 0 Å². The average molecular weight is 1040 g/mol. The van der Waals surface area contributed by atoms with Crippen molar-refractivity contribution in [3.05, 3.63) is 249 Å². The molecular weight excluding hydrogens is 985 g/mol. The molecule has 12 heteroatoms. The molecule has 28 aliphatic rings. The van der Waals surface area contributed by atoms with Gasteiger partial charge in [-0.3, -0.25) is 0 Å². The fourth-order valence-electron chi connectivity index (χ4n) is 11.3. The molecule has 12 nitrogen and oxygen atoms in total. The predicted octanol–water partition coefficient (Wildman–Crippen LogP) is 11.2. The van der Waals surface area contributed by atoms with Crippen molar-refractivity contribution in [3.63, 3.8) is 0 Å². The molecule has 18 bridgehead atoms. The molecule has 6 aromatic rings. The van der Waals surface area contributed by atoms with Gasteiger partial charge in [0, 0.05) is 35.5 Å². The topological polar surface area (TPSA) is 158 Å². The average Bonchev–Trinajstić information content (AvgIpc) is 3.64. The van der Waals surface area contributed by atoms with Crippen molar-refractivity contribution in [1.82, 2.24) is 0 Å². The van der Waals surface area contributed by atoms with Crippen molar-refractivity contribution in [1.29, 1.82) is 0 Å². The van der Waals surface area contributed by atoms with Crippen molar-refractivity contribution in [2.45, 2.75) is 35.5 Å². The summed E-state index contributed by atoms with van der Waals surface area (Å²) in [5, 5.41) is 0. The van der Waals surface area contributed by atoms with Crippen LogP contribution in [-0.4, -0.2) is 78.5 Å². The molecule has 6 unspecified atom stereocenters. The molecule has 28 aliphatic carbocycles. The molecule has 390 valence electrons. The van der Waals surface area contributed by atoms with Gasteiger partial charge in [-0.05, 0) is 66.8 Å². The summed E-state index contributed by atoms with van der Waals surface area (Å²) < 4.78 is 32.0. The number of ether oxygens (including phenoxy) is 6. The number of rotatable bonds is 6. The third kappa shape index (κ3) is 9.50. The zero-order valence-corrected chi connectivity index (χ0v) is 43.7. The molecule has 6 atom stereocenters. The maximum atomic E-state index is 13.8. The van der Waals surface area contributed by atoms with Gasteiger partial charge in [0.2, 0.25) is 0 Å². The Labute approximate surface area is 451 Å². The molecule has 78 heavy (non-hydrogen) atoms. The van der Waals surface area contributed by atoms with Gasteiger partial charge in [-0.25, -0.2) is 28.8 Å². The maximum absolute atomic E-state index is 13.8. The lowest BCUT2D eigenvalue weighted by Gasteiger charge is -2.28. The van der Waals surface area contributed by atoms with Crippen LogP contribution in [0.5, 0.6) is 0 Å². The minimum Gasteiger partial charge on any atom is -0.466 e. The van der Waals surface area contributed by atoms with Gasteiger partial charge in [0.05, 0.1) is 76.1 Å². The largest absolute Gasteiger partial charge is 0.466 e. The number of carbonyl (C=O) groups is 6. The Balaban J connectivity index is 1.10. The molecule has 0 radical (unpaired) electrons. The standard InChI is InChI=1S/C66H54O12/c1-73-61(67)55-49-31-32-50(56(55)62(68)74-2)44-21-9-38(10-22-44)40-13-25-46(26-14-40)52-35-36-54(60(66(72)78-6)58(52)64(70)76-4)48-29-17-42(18-30-48)41-15-27-47(28-16-41)53-34-33-51(57(63(69)75-3)59(53)65(71)77-5)45-23-11-39(12-24-45)37-7-19-43(49)20-8-37/h7-36,49-54H,1-6H3. The second-order valence-corrected chi connectivity index (χ2v) is 19.2. The first-order valence-corrected chi connectivity index (χ1v) is 25.3. The lowest BCUT2D eigenvalue weighted by atomic mass is 9.75. The van der Waals surface area contributed by atoms with Gasteiger partial charge in [-0.1, -0.05) is 182 Å². The third-order valence-electron chi connectivity index (χ3n) is 15.3. The summed E-state index contributed by atoms with van der Waals surface area (Å²) in [6.07, 6.45) is 11.4. The minimum atomic E-state index is -0.664. The highest BCUT2D eigenvalue weighted by atomic mass is 16.5. The monoisotopic (exact) mass is 1040 g/mol. The van der Waals surface area contributed by atoms with Crippen LogP contribution in [0.3, 0.4) is 0 Å². The number of methoxy groups -OCH3 is 6. The summed E-state index contributed by atoms with van der Waals surface area (Å²) in [6, 6.07) is 46.1. The quantitative estimate of drug-likeness (QED) is 0.0884. The molecule has 0 heterocycles. The number of allylic oxidation sites excluding steroid dienone is 6.